The average Bonchev–Trinajstić information content (AvgIpc) is 2.78. The van der Waals surface area contributed by atoms with Crippen molar-refractivity contribution >= 4 is 11.9 Å². The molecule has 2 rings (SSSR count). The largest absolute Gasteiger partial charge is 0.481 e. The maximum absolute atomic E-state index is 12.0. The van der Waals surface area contributed by atoms with Crippen LogP contribution >= 0.6 is 0 Å². The van der Waals surface area contributed by atoms with Gasteiger partial charge >= 0.3 is 5.97 Å². The fourth-order valence-electron chi connectivity index (χ4n) is 2.30. The first-order valence-electron chi connectivity index (χ1n) is 5.49. The molecule has 1 amide bonds. The summed E-state index contributed by atoms with van der Waals surface area (Å²) < 4.78 is 0. The summed E-state index contributed by atoms with van der Waals surface area (Å²) in [5.74, 6) is -1.01. The topological polar surface area (TPSA) is 57.6 Å². The number of hydrogen-bond acceptors (Lipinski definition) is 2. The lowest BCUT2D eigenvalue weighted by Crippen LogP contribution is -2.41. The summed E-state index contributed by atoms with van der Waals surface area (Å²) in [6.45, 7) is 4.41. The minimum absolute atomic E-state index is 0.146. The molecule has 0 aromatic carbocycles. The van der Waals surface area contributed by atoms with Crippen molar-refractivity contribution in [3.63, 3.8) is 0 Å². The smallest absolute Gasteiger partial charge is 0.308 e. The second-order valence-electron chi connectivity index (χ2n) is 5.03. The van der Waals surface area contributed by atoms with Crippen LogP contribution in [0.25, 0.3) is 0 Å². The number of amides is 1. The number of carboxylic acid groups (broad SMARTS) is 1. The van der Waals surface area contributed by atoms with E-state index in [4.69, 9.17) is 5.11 Å². The van der Waals surface area contributed by atoms with E-state index in [0.717, 1.165) is 12.8 Å². The first-order valence-corrected chi connectivity index (χ1v) is 5.49. The van der Waals surface area contributed by atoms with Crippen molar-refractivity contribution in [3.05, 3.63) is 0 Å². The van der Waals surface area contributed by atoms with Crippen molar-refractivity contribution in [3.8, 4) is 0 Å². The van der Waals surface area contributed by atoms with Crippen LogP contribution in [-0.2, 0) is 9.59 Å². The Balaban J connectivity index is 2.06. The fraction of sp³-hybridized carbons (Fsp3) is 0.818. The molecule has 0 bridgehead atoms. The molecule has 1 heterocycles. The predicted octanol–water partition coefficient (Wildman–Crippen LogP) is 1.11. The van der Waals surface area contributed by atoms with Crippen LogP contribution in [0.5, 0.6) is 0 Å². The third-order valence-electron chi connectivity index (χ3n) is 3.85. The van der Waals surface area contributed by atoms with Crippen LogP contribution in [0.2, 0.25) is 0 Å². The molecule has 15 heavy (non-hydrogen) atoms. The zero-order valence-corrected chi connectivity index (χ0v) is 9.19. The number of carbonyl (C=O) groups is 2. The Morgan fingerprint density at radius 2 is 2.00 bits per heavy atom. The van der Waals surface area contributed by atoms with Crippen LogP contribution < -0.4 is 0 Å². The number of carboxylic acids is 1. The molecule has 4 nitrogen and oxygen atoms in total. The van der Waals surface area contributed by atoms with Crippen LogP contribution in [0.4, 0.5) is 0 Å². The van der Waals surface area contributed by atoms with Gasteiger partial charge in [-0.2, -0.15) is 0 Å². The van der Waals surface area contributed by atoms with Gasteiger partial charge in [0.05, 0.1) is 5.92 Å². The average molecular weight is 211 g/mol. The highest BCUT2D eigenvalue weighted by Gasteiger charge is 2.50. The van der Waals surface area contributed by atoms with E-state index >= 15 is 0 Å². The number of aliphatic carboxylic acids is 1. The second-order valence-corrected chi connectivity index (χ2v) is 5.03. The zero-order chi connectivity index (χ0) is 11.2. The molecular weight excluding hydrogens is 194 g/mol. The molecule has 0 aromatic rings. The summed E-state index contributed by atoms with van der Waals surface area (Å²) in [5, 5.41) is 8.96. The van der Waals surface area contributed by atoms with Crippen LogP contribution in [0.3, 0.4) is 0 Å². The monoisotopic (exact) mass is 211 g/mol. The van der Waals surface area contributed by atoms with Crippen molar-refractivity contribution in [1.29, 1.82) is 0 Å². The molecule has 0 radical (unpaired) electrons. The Morgan fingerprint density at radius 3 is 2.40 bits per heavy atom. The van der Waals surface area contributed by atoms with Gasteiger partial charge < -0.3 is 10.0 Å². The molecule has 2 aliphatic rings. The third-order valence-corrected chi connectivity index (χ3v) is 3.85. The van der Waals surface area contributed by atoms with Crippen LogP contribution in [-0.4, -0.2) is 34.5 Å². The molecule has 1 saturated heterocycles. The predicted molar refractivity (Wildman–Crippen MR) is 54.3 cm³/mol. The maximum Gasteiger partial charge on any atom is 0.308 e. The van der Waals surface area contributed by atoms with Crippen LogP contribution in [0, 0.1) is 11.3 Å². The van der Waals surface area contributed by atoms with Crippen molar-refractivity contribution in [2.45, 2.75) is 39.2 Å². The molecule has 1 aliphatic carbocycles. The number of hydrogen-bond donors (Lipinski definition) is 1. The molecule has 0 aromatic heterocycles. The van der Waals surface area contributed by atoms with Crippen LogP contribution in [0.1, 0.15) is 33.1 Å². The molecule has 1 saturated carbocycles. The Labute approximate surface area is 89.3 Å². The van der Waals surface area contributed by atoms with Gasteiger partial charge in [0.2, 0.25) is 5.91 Å². The van der Waals surface area contributed by atoms with E-state index in [0.29, 0.717) is 13.0 Å². The van der Waals surface area contributed by atoms with Crippen molar-refractivity contribution in [2.24, 2.45) is 11.3 Å². The molecule has 4 heteroatoms. The second kappa shape index (κ2) is 3.22. The first-order chi connectivity index (χ1) is 6.96. The molecular formula is C11H17NO3. The summed E-state index contributed by atoms with van der Waals surface area (Å²) in [7, 11) is 0. The van der Waals surface area contributed by atoms with E-state index < -0.39 is 5.97 Å². The maximum atomic E-state index is 12.0. The number of carbonyl (C=O) groups excluding carboxylic acids is 1. The highest BCUT2D eigenvalue weighted by atomic mass is 16.4. The van der Waals surface area contributed by atoms with Gasteiger partial charge in [0.1, 0.15) is 0 Å². The van der Waals surface area contributed by atoms with Gasteiger partial charge in [-0.3, -0.25) is 9.59 Å². The zero-order valence-electron chi connectivity index (χ0n) is 9.19. The summed E-state index contributed by atoms with van der Waals surface area (Å²) in [6, 6.07) is -0.146. The van der Waals surface area contributed by atoms with Gasteiger partial charge in [-0.1, -0.05) is 6.92 Å². The van der Waals surface area contributed by atoms with E-state index in [1.165, 1.54) is 0 Å². The number of nitrogens with zero attached hydrogens (tertiary/aromatic N) is 1. The van der Waals surface area contributed by atoms with Crippen molar-refractivity contribution in [2.75, 3.05) is 6.54 Å². The Bertz CT molecular complexity index is 309. The lowest BCUT2D eigenvalue weighted by molar-refractivity contribution is -0.143. The molecule has 1 N–H and O–H groups in total. The van der Waals surface area contributed by atoms with Gasteiger partial charge in [-0.15, -0.1) is 0 Å². The van der Waals surface area contributed by atoms with Gasteiger partial charge in [-0.05, 0) is 26.2 Å². The van der Waals surface area contributed by atoms with Gasteiger partial charge in [0, 0.05) is 18.0 Å². The van der Waals surface area contributed by atoms with Gasteiger partial charge in [0.25, 0.3) is 0 Å². The molecule has 2 unspecified atom stereocenters. The van der Waals surface area contributed by atoms with Gasteiger partial charge in [0.15, 0.2) is 0 Å². The highest BCUT2D eigenvalue weighted by Crippen LogP contribution is 2.47. The minimum atomic E-state index is -0.779. The van der Waals surface area contributed by atoms with Crippen molar-refractivity contribution < 1.29 is 14.7 Å². The summed E-state index contributed by atoms with van der Waals surface area (Å²) in [5.41, 5.74) is -0.179. The molecule has 2 atom stereocenters. The van der Waals surface area contributed by atoms with Crippen LogP contribution in [0.15, 0.2) is 0 Å². The fourth-order valence-corrected chi connectivity index (χ4v) is 2.30. The quantitative estimate of drug-likeness (QED) is 0.744. The van der Waals surface area contributed by atoms with E-state index in [9.17, 15) is 9.59 Å². The molecule has 1 aliphatic heterocycles. The lowest BCUT2D eigenvalue weighted by Gasteiger charge is -2.26. The van der Waals surface area contributed by atoms with Gasteiger partial charge in [-0.25, -0.2) is 0 Å². The molecule has 2 fully saturated rings. The summed E-state index contributed by atoms with van der Waals surface area (Å²) in [6.07, 6.45) is 2.50. The van der Waals surface area contributed by atoms with Crippen molar-refractivity contribution in [1.82, 2.24) is 4.90 Å². The Hall–Kier alpha value is -1.06. The van der Waals surface area contributed by atoms with E-state index in [2.05, 4.69) is 0 Å². The lowest BCUT2D eigenvalue weighted by atomic mass is 10.0. The first kappa shape index (κ1) is 10.5. The molecule has 84 valence electrons. The SMILES string of the molecule is CC1C(C(=O)O)CCN1C(=O)C1(C)CC1. The third kappa shape index (κ3) is 1.62. The Morgan fingerprint density at radius 1 is 1.40 bits per heavy atom. The number of likely N-dealkylation sites (tertiary alicyclic amines) is 1. The minimum Gasteiger partial charge on any atom is -0.481 e. The van der Waals surface area contributed by atoms with E-state index in [1.807, 2.05) is 13.8 Å². The van der Waals surface area contributed by atoms with E-state index in [1.54, 1.807) is 4.90 Å². The molecule has 0 spiro atoms. The normalized spacial score (nSPS) is 32.8. The Kier molecular flexibility index (Phi) is 2.24. The summed E-state index contributed by atoms with van der Waals surface area (Å²) in [4.78, 5) is 24.7. The number of rotatable bonds is 2. The summed E-state index contributed by atoms with van der Waals surface area (Å²) >= 11 is 0. The van der Waals surface area contributed by atoms with E-state index in [-0.39, 0.29) is 23.3 Å². The highest BCUT2D eigenvalue weighted by molar-refractivity contribution is 5.86. The standard InChI is InChI=1S/C11H17NO3/c1-7-8(9(13)14)3-6-12(7)10(15)11(2)4-5-11/h7-8H,3-6H2,1-2H3,(H,13,14).